The van der Waals surface area contributed by atoms with Crippen molar-refractivity contribution < 1.29 is 27.4 Å². The third-order valence-electron chi connectivity index (χ3n) is 2.07. The van der Waals surface area contributed by atoms with Crippen molar-refractivity contribution in [3.05, 3.63) is 0 Å². The molecule has 1 aliphatic carbocycles. The van der Waals surface area contributed by atoms with E-state index in [1.807, 2.05) is 0 Å². The molecule has 6 heteroatoms. The van der Waals surface area contributed by atoms with Gasteiger partial charge < -0.3 is 4.74 Å². The summed E-state index contributed by atoms with van der Waals surface area (Å²) in [5.74, 6) is -0.593. The summed E-state index contributed by atoms with van der Waals surface area (Å²) in [6.45, 7) is 1.15. The van der Waals surface area contributed by atoms with Crippen LogP contribution in [0.3, 0.4) is 0 Å². The predicted octanol–water partition coefficient (Wildman–Crippen LogP) is 1.87. The van der Waals surface area contributed by atoms with Gasteiger partial charge >= 0.3 is 12.3 Å². The molecule has 14 heavy (non-hydrogen) atoms. The van der Waals surface area contributed by atoms with Gasteiger partial charge in [-0.05, 0) is 19.8 Å². The molecular weight excluding hydrogens is 201 g/mol. The van der Waals surface area contributed by atoms with Crippen LogP contribution >= 0.6 is 0 Å². The Morgan fingerprint density at radius 2 is 2.00 bits per heavy atom. The quantitative estimate of drug-likeness (QED) is 0.667. The summed E-state index contributed by atoms with van der Waals surface area (Å²) in [5.41, 5.74) is -1.04. The van der Waals surface area contributed by atoms with Crippen LogP contribution in [0.1, 0.15) is 19.8 Å². The van der Waals surface area contributed by atoms with Crippen molar-refractivity contribution >= 4 is 5.97 Å². The summed E-state index contributed by atoms with van der Waals surface area (Å²) in [6, 6.07) is 0. The molecule has 0 bridgehead atoms. The maximum absolute atomic E-state index is 11.7. The number of hydrogen-bond acceptors (Lipinski definition) is 3. The highest BCUT2D eigenvalue weighted by Gasteiger charge is 2.53. The first-order valence-electron chi connectivity index (χ1n) is 4.27. The number of rotatable bonds is 4. The van der Waals surface area contributed by atoms with Crippen LogP contribution in [0.15, 0.2) is 0 Å². The molecule has 0 unspecified atom stereocenters. The topological polar surface area (TPSA) is 35.5 Å². The molecule has 0 amide bonds. The molecule has 0 spiro atoms. The average molecular weight is 212 g/mol. The minimum atomic E-state index is -4.68. The molecule has 82 valence electrons. The van der Waals surface area contributed by atoms with E-state index in [0.29, 0.717) is 12.8 Å². The summed E-state index contributed by atoms with van der Waals surface area (Å²) in [6.07, 6.45) is -3.87. The van der Waals surface area contributed by atoms with E-state index in [1.165, 1.54) is 0 Å². The van der Waals surface area contributed by atoms with E-state index >= 15 is 0 Å². The Bertz CT molecular complexity index is 220. The predicted molar refractivity (Wildman–Crippen MR) is 40.3 cm³/mol. The normalized spacial score (nSPS) is 19.1. The van der Waals surface area contributed by atoms with Crippen molar-refractivity contribution in [2.24, 2.45) is 5.41 Å². The van der Waals surface area contributed by atoms with Gasteiger partial charge in [0, 0.05) is 0 Å². The number of esters is 1. The van der Waals surface area contributed by atoms with Crippen molar-refractivity contribution in [2.45, 2.75) is 26.1 Å². The van der Waals surface area contributed by atoms with Crippen molar-refractivity contribution in [1.82, 2.24) is 0 Å². The third kappa shape index (κ3) is 2.87. The zero-order valence-corrected chi connectivity index (χ0v) is 7.69. The first-order chi connectivity index (χ1) is 6.40. The van der Waals surface area contributed by atoms with Gasteiger partial charge in [-0.15, -0.1) is 13.2 Å². The lowest BCUT2D eigenvalue weighted by Crippen LogP contribution is -2.28. The molecule has 1 aliphatic rings. The van der Waals surface area contributed by atoms with Gasteiger partial charge in [-0.3, -0.25) is 9.53 Å². The lowest BCUT2D eigenvalue weighted by atomic mass is 10.1. The molecule has 1 rings (SSSR count). The first kappa shape index (κ1) is 11.3. The molecule has 0 saturated heterocycles. The Hall–Kier alpha value is -0.780. The number of ether oxygens (including phenoxy) is 2. The van der Waals surface area contributed by atoms with Crippen molar-refractivity contribution in [2.75, 3.05) is 13.2 Å². The lowest BCUT2D eigenvalue weighted by Gasteiger charge is -2.14. The highest BCUT2D eigenvalue weighted by atomic mass is 19.4. The average Bonchev–Trinajstić information content (AvgIpc) is 2.80. The maximum Gasteiger partial charge on any atom is 0.522 e. The number of carbonyl (C=O) groups excluding carboxylic acids is 1. The van der Waals surface area contributed by atoms with E-state index in [9.17, 15) is 18.0 Å². The molecule has 1 fully saturated rings. The van der Waals surface area contributed by atoms with Crippen molar-refractivity contribution in [3.63, 3.8) is 0 Å². The van der Waals surface area contributed by atoms with E-state index < -0.39 is 24.4 Å². The zero-order chi connectivity index (χ0) is 10.8. The van der Waals surface area contributed by atoms with Gasteiger partial charge in [-0.25, -0.2) is 0 Å². The molecule has 0 radical (unpaired) electrons. The van der Waals surface area contributed by atoms with Crippen LogP contribution in [-0.4, -0.2) is 25.5 Å². The Morgan fingerprint density at radius 1 is 1.43 bits per heavy atom. The molecule has 0 aromatic carbocycles. The van der Waals surface area contributed by atoms with E-state index in [0.717, 1.165) is 0 Å². The minimum absolute atomic E-state index is 0.173. The standard InChI is InChI=1S/C8H11F3O3/c1-2-13-6(12)7(3-4-7)5-14-8(9,10)11/h2-5H2,1H3. The molecule has 0 N–H and O–H groups in total. The fourth-order valence-electron chi connectivity index (χ4n) is 1.06. The van der Waals surface area contributed by atoms with E-state index in [2.05, 4.69) is 9.47 Å². The minimum Gasteiger partial charge on any atom is -0.465 e. The number of hydrogen-bond donors (Lipinski definition) is 0. The van der Waals surface area contributed by atoms with Gasteiger partial charge in [0.15, 0.2) is 0 Å². The summed E-state index contributed by atoms with van der Waals surface area (Å²) < 4.78 is 43.3. The van der Waals surface area contributed by atoms with Gasteiger partial charge in [0.2, 0.25) is 0 Å². The summed E-state index contributed by atoms with van der Waals surface area (Å²) >= 11 is 0. The molecule has 0 atom stereocenters. The largest absolute Gasteiger partial charge is 0.522 e. The Balaban J connectivity index is 2.39. The molecule has 1 saturated carbocycles. The van der Waals surface area contributed by atoms with Crippen molar-refractivity contribution in [3.8, 4) is 0 Å². The van der Waals surface area contributed by atoms with Crippen LogP contribution in [0.4, 0.5) is 13.2 Å². The zero-order valence-electron chi connectivity index (χ0n) is 7.69. The monoisotopic (exact) mass is 212 g/mol. The second-order valence-corrected chi connectivity index (χ2v) is 3.24. The van der Waals surface area contributed by atoms with Gasteiger partial charge in [0.1, 0.15) is 0 Å². The SMILES string of the molecule is CCOC(=O)C1(COC(F)(F)F)CC1. The second-order valence-electron chi connectivity index (χ2n) is 3.24. The molecule has 0 aromatic heterocycles. The van der Waals surface area contributed by atoms with Crippen LogP contribution in [0.5, 0.6) is 0 Å². The smallest absolute Gasteiger partial charge is 0.465 e. The number of alkyl halides is 3. The molecule has 3 nitrogen and oxygen atoms in total. The van der Waals surface area contributed by atoms with Crippen LogP contribution in [0.2, 0.25) is 0 Å². The molecule has 0 aliphatic heterocycles. The molecule has 0 aromatic rings. The van der Waals surface area contributed by atoms with E-state index in [4.69, 9.17) is 0 Å². The Kier molecular flexibility index (Phi) is 3.04. The maximum atomic E-state index is 11.7. The first-order valence-corrected chi connectivity index (χ1v) is 4.27. The highest BCUT2D eigenvalue weighted by Crippen LogP contribution is 2.47. The summed E-state index contributed by atoms with van der Waals surface area (Å²) in [5, 5.41) is 0. The molecule has 0 heterocycles. The number of carbonyl (C=O) groups is 1. The lowest BCUT2D eigenvalue weighted by molar-refractivity contribution is -0.329. The molecular formula is C8H11F3O3. The number of halogens is 3. The van der Waals surface area contributed by atoms with Gasteiger partial charge in [-0.1, -0.05) is 0 Å². The summed E-state index contributed by atoms with van der Waals surface area (Å²) in [4.78, 5) is 11.2. The van der Waals surface area contributed by atoms with Crippen LogP contribution in [0, 0.1) is 5.41 Å². The summed E-state index contributed by atoms with van der Waals surface area (Å²) in [7, 11) is 0. The van der Waals surface area contributed by atoms with Gasteiger partial charge in [0.05, 0.1) is 18.6 Å². The van der Waals surface area contributed by atoms with Crippen LogP contribution in [0.25, 0.3) is 0 Å². The second kappa shape index (κ2) is 3.76. The highest BCUT2D eigenvalue weighted by molar-refractivity contribution is 5.80. The van der Waals surface area contributed by atoms with Crippen molar-refractivity contribution in [1.29, 1.82) is 0 Å². The fourth-order valence-corrected chi connectivity index (χ4v) is 1.06. The van der Waals surface area contributed by atoms with E-state index in [-0.39, 0.29) is 6.61 Å². The Labute approximate surface area is 79.2 Å². The Morgan fingerprint density at radius 3 is 2.36 bits per heavy atom. The fraction of sp³-hybridized carbons (Fsp3) is 0.875. The van der Waals surface area contributed by atoms with Gasteiger partial charge in [0.25, 0.3) is 0 Å². The van der Waals surface area contributed by atoms with Crippen LogP contribution < -0.4 is 0 Å². The van der Waals surface area contributed by atoms with Gasteiger partial charge in [-0.2, -0.15) is 0 Å². The van der Waals surface area contributed by atoms with E-state index in [1.54, 1.807) is 6.92 Å². The third-order valence-corrected chi connectivity index (χ3v) is 2.07. The van der Waals surface area contributed by atoms with Crippen LogP contribution in [-0.2, 0) is 14.3 Å².